The van der Waals surface area contributed by atoms with Crippen molar-refractivity contribution in [1.29, 1.82) is 0 Å². The maximum absolute atomic E-state index is 11.7. The van der Waals surface area contributed by atoms with Gasteiger partial charge in [0, 0.05) is 25.6 Å². The number of carbonyl (C=O) groups is 1. The van der Waals surface area contributed by atoms with E-state index in [2.05, 4.69) is 11.5 Å². The largest absolute Gasteiger partial charge is 0.508 e. The number of nitrogens with zero attached hydrogens (tertiary/aromatic N) is 1. The molecule has 1 aromatic rings. The molecule has 0 radical (unpaired) electrons. The second-order valence-corrected chi connectivity index (χ2v) is 4.63. The maximum Gasteiger partial charge on any atom is 0.157 e. The van der Waals surface area contributed by atoms with E-state index in [1.807, 2.05) is 12.1 Å². The van der Waals surface area contributed by atoms with E-state index in [9.17, 15) is 9.90 Å². The summed E-state index contributed by atoms with van der Waals surface area (Å²) in [7, 11) is 0. The van der Waals surface area contributed by atoms with Crippen LogP contribution in [0.5, 0.6) is 5.75 Å². The van der Waals surface area contributed by atoms with E-state index in [0.717, 1.165) is 18.7 Å². The lowest BCUT2D eigenvalue weighted by molar-refractivity contribution is -0.116. The molecule has 2 rings (SSSR count). The summed E-state index contributed by atoms with van der Waals surface area (Å²) in [4.78, 5) is 13.9. The smallest absolute Gasteiger partial charge is 0.157 e. The van der Waals surface area contributed by atoms with Gasteiger partial charge in [0.05, 0.1) is 13.2 Å². The van der Waals surface area contributed by atoms with Crippen LogP contribution in [0.4, 0.5) is 0 Å². The first-order valence-electron chi connectivity index (χ1n) is 6.46. The van der Waals surface area contributed by atoms with Crippen LogP contribution in [0.2, 0.25) is 0 Å². The van der Waals surface area contributed by atoms with E-state index < -0.39 is 0 Å². The molecule has 1 heterocycles. The molecular formula is C15H20ClNO3. The van der Waals surface area contributed by atoms with Gasteiger partial charge in [0.25, 0.3) is 0 Å². The number of ketones is 1. The number of aromatic hydroxyl groups is 1. The number of phenolic OH excluding ortho intramolecular Hbond substituents is 1. The molecule has 1 unspecified atom stereocenters. The Morgan fingerprint density at radius 1 is 1.35 bits per heavy atom. The first-order chi connectivity index (χ1) is 9.20. The number of hydrogen-bond donors (Lipinski definition) is 1. The van der Waals surface area contributed by atoms with Crippen LogP contribution in [-0.4, -0.2) is 42.1 Å². The third kappa shape index (κ3) is 4.34. The zero-order valence-electron chi connectivity index (χ0n) is 11.3. The normalized spacial score (nSPS) is 17.0. The lowest BCUT2D eigenvalue weighted by Gasteiger charge is -2.34. The molecule has 1 aliphatic heterocycles. The molecule has 1 atom stereocenters. The Hall–Kier alpha value is -1.36. The minimum Gasteiger partial charge on any atom is -0.508 e. The summed E-state index contributed by atoms with van der Waals surface area (Å²) in [6.45, 7) is 6.55. The van der Waals surface area contributed by atoms with Crippen molar-refractivity contribution in [1.82, 2.24) is 4.90 Å². The summed E-state index contributed by atoms with van der Waals surface area (Å²) in [5.41, 5.74) is 1.04. The molecule has 0 spiro atoms. The van der Waals surface area contributed by atoms with E-state index in [1.54, 1.807) is 12.1 Å². The van der Waals surface area contributed by atoms with Crippen molar-refractivity contribution in [2.45, 2.75) is 12.5 Å². The minimum atomic E-state index is 0. The Labute approximate surface area is 125 Å². The monoisotopic (exact) mass is 297 g/mol. The highest BCUT2D eigenvalue weighted by atomic mass is 35.5. The molecule has 0 amide bonds. The Bertz CT molecular complexity index is 441. The molecule has 1 aromatic carbocycles. The molecule has 0 saturated carbocycles. The summed E-state index contributed by atoms with van der Waals surface area (Å²) in [6, 6.07) is 7.06. The van der Waals surface area contributed by atoms with Crippen LogP contribution in [0.1, 0.15) is 18.0 Å². The van der Waals surface area contributed by atoms with Gasteiger partial charge in [0.2, 0.25) is 0 Å². The number of halogens is 1. The van der Waals surface area contributed by atoms with Gasteiger partial charge >= 0.3 is 0 Å². The van der Waals surface area contributed by atoms with Gasteiger partial charge in [-0.25, -0.2) is 0 Å². The molecule has 0 aromatic heterocycles. The first-order valence-corrected chi connectivity index (χ1v) is 6.46. The van der Waals surface area contributed by atoms with Gasteiger partial charge in [0.15, 0.2) is 5.78 Å². The van der Waals surface area contributed by atoms with Gasteiger partial charge in [0.1, 0.15) is 5.75 Å². The fourth-order valence-corrected chi connectivity index (χ4v) is 2.32. The van der Waals surface area contributed by atoms with E-state index in [0.29, 0.717) is 19.6 Å². The number of morpholine rings is 1. The minimum absolute atomic E-state index is 0. The predicted octanol–water partition coefficient (Wildman–Crippen LogP) is 2.33. The van der Waals surface area contributed by atoms with E-state index in [4.69, 9.17) is 4.74 Å². The quantitative estimate of drug-likeness (QED) is 0.848. The summed E-state index contributed by atoms with van der Waals surface area (Å²) in [5.74, 6) is 0.268. The number of rotatable bonds is 5. The highest BCUT2D eigenvalue weighted by molar-refractivity contribution is 5.89. The number of allylic oxidation sites excluding steroid dienone is 1. The lowest BCUT2D eigenvalue weighted by Crippen LogP contribution is -2.39. The highest BCUT2D eigenvalue weighted by Crippen LogP contribution is 2.27. The second kappa shape index (κ2) is 8.04. The Kier molecular flexibility index (Phi) is 6.71. The Morgan fingerprint density at radius 2 is 1.95 bits per heavy atom. The highest BCUT2D eigenvalue weighted by Gasteiger charge is 2.24. The number of ether oxygens (including phenoxy) is 1. The average Bonchev–Trinajstić information content (AvgIpc) is 2.46. The zero-order valence-corrected chi connectivity index (χ0v) is 12.1. The lowest BCUT2D eigenvalue weighted by atomic mass is 9.99. The molecule has 0 bridgehead atoms. The zero-order chi connectivity index (χ0) is 13.7. The van der Waals surface area contributed by atoms with Gasteiger partial charge in [-0.1, -0.05) is 18.7 Å². The molecule has 0 aliphatic carbocycles. The van der Waals surface area contributed by atoms with Crippen molar-refractivity contribution >= 4 is 18.2 Å². The fourth-order valence-electron chi connectivity index (χ4n) is 2.32. The van der Waals surface area contributed by atoms with Crippen molar-refractivity contribution in [2.24, 2.45) is 0 Å². The molecule has 20 heavy (non-hydrogen) atoms. The fraction of sp³-hybridized carbons (Fsp3) is 0.400. The van der Waals surface area contributed by atoms with Crippen molar-refractivity contribution in [3.8, 4) is 5.75 Å². The average molecular weight is 298 g/mol. The van der Waals surface area contributed by atoms with Crippen LogP contribution in [0.15, 0.2) is 36.9 Å². The molecule has 1 aliphatic rings. The van der Waals surface area contributed by atoms with E-state index in [-0.39, 0.29) is 30.0 Å². The van der Waals surface area contributed by atoms with Crippen LogP contribution >= 0.6 is 12.4 Å². The molecule has 1 N–H and O–H groups in total. The van der Waals surface area contributed by atoms with Gasteiger partial charge in [-0.2, -0.15) is 0 Å². The SMILES string of the molecule is C=CC(=O)CC(c1ccc(O)cc1)N1CCOCC1.Cl. The predicted molar refractivity (Wildman–Crippen MR) is 80.3 cm³/mol. The first kappa shape index (κ1) is 16.7. The van der Waals surface area contributed by atoms with Gasteiger partial charge in [-0.3, -0.25) is 9.69 Å². The summed E-state index contributed by atoms with van der Waals surface area (Å²) in [5, 5.41) is 9.36. The molecular weight excluding hydrogens is 278 g/mol. The second-order valence-electron chi connectivity index (χ2n) is 4.63. The molecule has 110 valence electrons. The van der Waals surface area contributed by atoms with Gasteiger partial charge < -0.3 is 9.84 Å². The molecule has 5 heteroatoms. The third-order valence-electron chi connectivity index (χ3n) is 3.39. The summed E-state index contributed by atoms with van der Waals surface area (Å²) >= 11 is 0. The molecule has 1 saturated heterocycles. The summed E-state index contributed by atoms with van der Waals surface area (Å²) < 4.78 is 5.35. The van der Waals surface area contributed by atoms with Gasteiger partial charge in [-0.05, 0) is 23.8 Å². The van der Waals surface area contributed by atoms with Crippen molar-refractivity contribution in [2.75, 3.05) is 26.3 Å². The van der Waals surface area contributed by atoms with Crippen molar-refractivity contribution in [3.63, 3.8) is 0 Å². The van der Waals surface area contributed by atoms with E-state index >= 15 is 0 Å². The topological polar surface area (TPSA) is 49.8 Å². The van der Waals surface area contributed by atoms with Crippen molar-refractivity contribution in [3.05, 3.63) is 42.5 Å². The van der Waals surface area contributed by atoms with Crippen LogP contribution in [0.25, 0.3) is 0 Å². The molecule has 4 nitrogen and oxygen atoms in total. The number of phenols is 1. The van der Waals surface area contributed by atoms with Gasteiger partial charge in [-0.15, -0.1) is 12.4 Å². The van der Waals surface area contributed by atoms with Crippen molar-refractivity contribution < 1.29 is 14.6 Å². The van der Waals surface area contributed by atoms with Crippen LogP contribution in [0.3, 0.4) is 0 Å². The van der Waals surface area contributed by atoms with Crippen LogP contribution in [0, 0.1) is 0 Å². The van der Waals surface area contributed by atoms with Crippen LogP contribution < -0.4 is 0 Å². The van der Waals surface area contributed by atoms with E-state index in [1.165, 1.54) is 6.08 Å². The van der Waals surface area contributed by atoms with Crippen LogP contribution in [-0.2, 0) is 9.53 Å². The third-order valence-corrected chi connectivity index (χ3v) is 3.39. The summed E-state index contributed by atoms with van der Waals surface area (Å²) in [6.07, 6.45) is 1.78. The standard InChI is InChI=1S/C15H19NO3.ClH/c1-2-13(17)11-15(16-7-9-19-10-8-16)12-3-5-14(18)6-4-12;/h2-6,15,18H,1,7-11H2;1H. The number of benzene rings is 1. The Morgan fingerprint density at radius 3 is 2.50 bits per heavy atom. The number of carbonyl (C=O) groups excluding carboxylic acids is 1. The maximum atomic E-state index is 11.7. The molecule has 1 fully saturated rings. The number of hydrogen-bond acceptors (Lipinski definition) is 4. The Balaban J connectivity index is 0.00000200.